The summed E-state index contributed by atoms with van der Waals surface area (Å²) < 4.78 is 25.3. The molecule has 0 atom stereocenters. The lowest BCUT2D eigenvalue weighted by Gasteiger charge is -2.43. The normalized spacial score (nSPS) is 21.2. The van der Waals surface area contributed by atoms with Gasteiger partial charge in [0, 0.05) is 12.1 Å². The second-order valence-electron chi connectivity index (χ2n) is 4.72. The molecular weight excluding hydrogens is 248 g/mol. The van der Waals surface area contributed by atoms with Crippen LogP contribution in [0.5, 0.6) is 0 Å². The van der Waals surface area contributed by atoms with E-state index in [2.05, 4.69) is 9.62 Å². The molecule has 0 spiro atoms. The fourth-order valence-electron chi connectivity index (χ4n) is 2.27. The molecule has 0 saturated heterocycles. The molecule has 0 aliphatic heterocycles. The number of rotatable bonds is 5. The van der Waals surface area contributed by atoms with Crippen molar-refractivity contribution in [2.45, 2.75) is 37.6 Å². The van der Waals surface area contributed by atoms with Gasteiger partial charge in [-0.05, 0) is 26.9 Å². The first-order valence-electron chi connectivity index (χ1n) is 5.63. The SMILES string of the molecule is CN(C)C1(CNS(=O)(=O)CCl)CCCCC1. The Labute approximate surface area is 103 Å². The topological polar surface area (TPSA) is 49.4 Å². The number of likely N-dealkylation sites (N-methyl/N-ethyl adjacent to an activating group) is 1. The van der Waals surface area contributed by atoms with Gasteiger partial charge in [-0.2, -0.15) is 0 Å². The van der Waals surface area contributed by atoms with Gasteiger partial charge in [-0.1, -0.05) is 19.3 Å². The summed E-state index contributed by atoms with van der Waals surface area (Å²) in [6, 6.07) is 0. The smallest absolute Gasteiger partial charge is 0.225 e. The van der Waals surface area contributed by atoms with E-state index in [1.54, 1.807) is 0 Å². The average molecular weight is 269 g/mol. The molecule has 0 unspecified atom stereocenters. The minimum absolute atomic E-state index is 0.0304. The first kappa shape index (κ1) is 14.2. The molecule has 0 heterocycles. The van der Waals surface area contributed by atoms with Crippen molar-refractivity contribution >= 4 is 21.6 Å². The summed E-state index contributed by atoms with van der Waals surface area (Å²) in [6.07, 6.45) is 5.68. The van der Waals surface area contributed by atoms with Crippen LogP contribution in [0, 0.1) is 0 Å². The van der Waals surface area contributed by atoms with E-state index in [9.17, 15) is 8.42 Å². The predicted molar refractivity (Wildman–Crippen MR) is 67.1 cm³/mol. The lowest BCUT2D eigenvalue weighted by molar-refractivity contribution is 0.105. The third-order valence-corrected chi connectivity index (χ3v) is 5.23. The number of alkyl halides is 1. The van der Waals surface area contributed by atoms with E-state index < -0.39 is 10.0 Å². The Morgan fingerprint density at radius 3 is 2.25 bits per heavy atom. The van der Waals surface area contributed by atoms with Crippen LogP contribution in [0.2, 0.25) is 0 Å². The summed E-state index contributed by atoms with van der Waals surface area (Å²) in [4.78, 5) is 2.14. The molecule has 4 nitrogen and oxygen atoms in total. The number of hydrogen-bond acceptors (Lipinski definition) is 3. The lowest BCUT2D eigenvalue weighted by Crippen LogP contribution is -2.53. The van der Waals surface area contributed by atoms with Gasteiger partial charge in [0.15, 0.2) is 0 Å². The van der Waals surface area contributed by atoms with Gasteiger partial charge in [0.1, 0.15) is 5.21 Å². The highest BCUT2D eigenvalue weighted by molar-refractivity contribution is 7.90. The molecule has 0 aromatic heterocycles. The summed E-state index contributed by atoms with van der Waals surface area (Å²) >= 11 is 5.37. The monoisotopic (exact) mass is 268 g/mol. The third kappa shape index (κ3) is 3.58. The average Bonchev–Trinajstić information content (AvgIpc) is 2.28. The number of nitrogens with one attached hydrogen (secondary N) is 1. The molecule has 0 bridgehead atoms. The largest absolute Gasteiger partial charge is 0.302 e. The Hall–Kier alpha value is 0.160. The lowest BCUT2D eigenvalue weighted by atomic mass is 9.81. The van der Waals surface area contributed by atoms with Gasteiger partial charge >= 0.3 is 0 Å². The summed E-state index contributed by atoms with van der Waals surface area (Å²) in [5.74, 6) is 0. The Morgan fingerprint density at radius 2 is 1.81 bits per heavy atom. The van der Waals surface area contributed by atoms with Crippen molar-refractivity contribution in [2.75, 3.05) is 25.9 Å². The molecule has 1 fully saturated rings. The Morgan fingerprint density at radius 1 is 1.25 bits per heavy atom. The van der Waals surface area contributed by atoms with Gasteiger partial charge in [-0.25, -0.2) is 13.1 Å². The Bertz CT molecular complexity index is 311. The maximum absolute atomic E-state index is 11.3. The third-order valence-electron chi connectivity index (χ3n) is 3.50. The summed E-state index contributed by atoms with van der Waals surface area (Å²) in [7, 11) is 0.727. The van der Waals surface area contributed by atoms with Crippen molar-refractivity contribution in [3.05, 3.63) is 0 Å². The summed E-state index contributed by atoms with van der Waals surface area (Å²) in [5.41, 5.74) is -0.0304. The first-order valence-corrected chi connectivity index (χ1v) is 7.81. The van der Waals surface area contributed by atoms with Crippen LogP contribution in [0.1, 0.15) is 32.1 Å². The Balaban J connectivity index is 2.65. The Kier molecular flexibility index (Phi) is 5.04. The molecule has 1 aliphatic carbocycles. The molecule has 16 heavy (non-hydrogen) atoms. The fraction of sp³-hybridized carbons (Fsp3) is 1.00. The van der Waals surface area contributed by atoms with Crippen molar-refractivity contribution in [3.8, 4) is 0 Å². The molecule has 0 amide bonds. The molecule has 0 radical (unpaired) electrons. The van der Waals surface area contributed by atoms with Crippen LogP contribution in [-0.4, -0.2) is 44.7 Å². The van der Waals surface area contributed by atoms with Crippen molar-refractivity contribution in [1.82, 2.24) is 9.62 Å². The van der Waals surface area contributed by atoms with Crippen molar-refractivity contribution in [3.63, 3.8) is 0 Å². The van der Waals surface area contributed by atoms with E-state index in [1.165, 1.54) is 19.3 Å². The van der Waals surface area contributed by atoms with Crippen LogP contribution < -0.4 is 4.72 Å². The summed E-state index contributed by atoms with van der Waals surface area (Å²) in [5, 5.41) is -0.365. The zero-order chi connectivity index (χ0) is 12.2. The highest BCUT2D eigenvalue weighted by Crippen LogP contribution is 2.31. The molecule has 6 heteroatoms. The van der Waals surface area contributed by atoms with Crippen LogP contribution in [-0.2, 0) is 10.0 Å². The van der Waals surface area contributed by atoms with Crippen LogP contribution in [0.3, 0.4) is 0 Å². The number of halogens is 1. The number of sulfonamides is 1. The minimum Gasteiger partial charge on any atom is -0.302 e. The van der Waals surface area contributed by atoms with E-state index in [1.807, 2.05) is 14.1 Å². The van der Waals surface area contributed by atoms with Gasteiger partial charge in [-0.3, -0.25) is 0 Å². The maximum Gasteiger partial charge on any atom is 0.225 e. The van der Waals surface area contributed by atoms with Gasteiger partial charge < -0.3 is 4.90 Å². The molecule has 1 aliphatic rings. The number of hydrogen-bond donors (Lipinski definition) is 1. The standard InChI is InChI=1S/C10H21ClN2O2S/c1-13(2)10(6-4-3-5-7-10)8-12-16(14,15)9-11/h12H,3-9H2,1-2H3. The molecule has 1 N–H and O–H groups in total. The zero-order valence-electron chi connectivity index (χ0n) is 10.00. The maximum atomic E-state index is 11.3. The van der Waals surface area contributed by atoms with Gasteiger partial charge in [0.25, 0.3) is 0 Å². The molecule has 96 valence electrons. The molecule has 0 aromatic rings. The first-order chi connectivity index (χ1) is 7.42. The van der Waals surface area contributed by atoms with Crippen LogP contribution in [0.25, 0.3) is 0 Å². The quantitative estimate of drug-likeness (QED) is 0.766. The molecule has 1 saturated carbocycles. The summed E-state index contributed by atoms with van der Waals surface area (Å²) in [6.45, 7) is 0.467. The van der Waals surface area contributed by atoms with E-state index >= 15 is 0 Å². The zero-order valence-corrected chi connectivity index (χ0v) is 11.6. The van der Waals surface area contributed by atoms with Crippen LogP contribution >= 0.6 is 11.6 Å². The van der Waals surface area contributed by atoms with Gasteiger partial charge in [0.2, 0.25) is 10.0 Å². The van der Waals surface area contributed by atoms with Gasteiger partial charge in [0.05, 0.1) is 0 Å². The van der Waals surface area contributed by atoms with Crippen molar-refractivity contribution in [1.29, 1.82) is 0 Å². The van der Waals surface area contributed by atoms with Crippen LogP contribution in [0.15, 0.2) is 0 Å². The second kappa shape index (κ2) is 5.67. The fourth-order valence-corrected chi connectivity index (χ4v) is 3.07. The number of nitrogens with zero attached hydrogens (tertiary/aromatic N) is 1. The van der Waals surface area contributed by atoms with E-state index in [4.69, 9.17) is 11.6 Å². The van der Waals surface area contributed by atoms with Crippen molar-refractivity contribution < 1.29 is 8.42 Å². The van der Waals surface area contributed by atoms with E-state index in [0.717, 1.165) is 12.8 Å². The van der Waals surface area contributed by atoms with Crippen LogP contribution in [0.4, 0.5) is 0 Å². The van der Waals surface area contributed by atoms with E-state index in [0.29, 0.717) is 6.54 Å². The predicted octanol–water partition coefficient (Wildman–Crippen LogP) is 1.37. The highest BCUT2D eigenvalue weighted by atomic mass is 35.5. The highest BCUT2D eigenvalue weighted by Gasteiger charge is 2.34. The van der Waals surface area contributed by atoms with Gasteiger partial charge in [-0.15, -0.1) is 11.6 Å². The minimum atomic E-state index is -3.30. The molecular formula is C10H21ClN2O2S. The second-order valence-corrected chi connectivity index (χ2v) is 7.12. The molecule has 1 rings (SSSR count). The molecule has 0 aromatic carbocycles. The van der Waals surface area contributed by atoms with E-state index in [-0.39, 0.29) is 10.8 Å². The van der Waals surface area contributed by atoms with Crippen molar-refractivity contribution in [2.24, 2.45) is 0 Å².